The van der Waals surface area contributed by atoms with Crippen molar-refractivity contribution in [1.82, 2.24) is 30.0 Å². The number of amides is 3. The number of hydrogen-bond donors (Lipinski definition) is 6. The molecule has 0 atom stereocenters. The van der Waals surface area contributed by atoms with Crippen molar-refractivity contribution in [3.63, 3.8) is 0 Å². The minimum atomic E-state index is -4.05. The molecule has 7 N–H and O–H groups in total. The number of carbonyl (C=O) groups is 4. The third-order valence-corrected chi connectivity index (χ3v) is 20.4. The summed E-state index contributed by atoms with van der Waals surface area (Å²) in [4.78, 5) is 77.7. The van der Waals surface area contributed by atoms with Crippen LogP contribution in [-0.4, -0.2) is 122 Å². The molecule has 3 amide bonds. The molecule has 0 radical (unpaired) electrons. The molecule has 4 aliphatic rings. The van der Waals surface area contributed by atoms with E-state index in [0.29, 0.717) is 48.1 Å². The quantitative estimate of drug-likeness (QED) is 0.0214. The first-order valence-corrected chi connectivity index (χ1v) is 34.3. The fourth-order valence-corrected chi connectivity index (χ4v) is 15.8. The zero-order chi connectivity index (χ0) is 67.4. The van der Waals surface area contributed by atoms with Crippen LogP contribution in [0.25, 0.3) is 20.9 Å². The molecule has 2 aromatic heterocycles. The highest BCUT2D eigenvalue weighted by Gasteiger charge is 2.33. The van der Waals surface area contributed by atoms with Gasteiger partial charge in [0.1, 0.15) is 11.5 Å². The molecule has 2 saturated carbocycles. The van der Waals surface area contributed by atoms with E-state index in [4.69, 9.17) is 41.0 Å². The van der Waals surface area contributed by atoms with Crippen LogP contribution >= 0.6 is 34.3 Å². The number of nitrogens with one attached hydrogen (secondary N) is 5. The number of rotatable bonds is 17. The van der Waals surface area contributed by atoms with Crippen molar-refractivity contribution in [2.75, 3.05) is 37.5 Å². The first-order chi connectivity index (χ1) is 43.8. The summed E-state index contributed by atoms with van der Waals surface area (Å²) in [5.41, 5.74) is 4.89. The molecule has 10 rings (SSSR count). The van der Waals surface area contributed by atoms with Crippen LogP contribution in [0.15, 0.2) is 107 Å². The molecule has 508 valence electrons. The van der Waals surface area contributed by atoms with Gasteiger partial charge in [0.15, 0.2) is 12.2 Å². The topological polar surface area (TPSA) is 390 Å². The van der Waals surface area contributed by atoms with Gasteiger partial charge in [-0.3, -0.25) is 25.5 Å². The average Bonchev–Trinajstić information content (AvgIpc) is 1.36. The minimum Gasteiger partial charge on any atom is -0.441 e. The number of hydrogen-bond acceptors (Lipinski definition) is 23. The molecular formula is C61H75ClN10O18S4. The van der Waals surface area contributed by atoms with Crippen LogP contribution < -0.4 is 40.6 Å². The maximum absolute atomic E-state index is 13.6. The van der Waals surface area contributed by atoms with Gasteiger partial charge in [0.2, 0.25) is 20.0 Å². The zero-order valence-corrected chi connectivity index (χ0v) is 55.4. The van der Waals surface area contributed by atoms with Gasteiger partial charge < -0.3 is 44.8 Å². The number of non-ortho nitro benzene ring substituents is 2. The number of benzene rings is 4. The van der Waals surface area contributed by atoms with Crippen molar-refractivity contribution >= 4 is 101 Å². The lowest BCUT2D eigenvalue weighted by molar-refractivity contribution is -0.385. The molecule has 6 aromatic rings. The number of halogens is 1. The maximum Gasteiger partial charge on any atom is 0.417 e. The first-order valence-electron chi connectivity index (χ1n) is 29.3. The van der Waals surface area contributed by atoms with Crippen molar-refractivity contribution < 1.29 is 74.3 Å². The number of nitrogen functional groups attached to an aromatic ring is 1. The smallest absolute Gasteiger partial charge is 0.417 e. The summed E-state index contributed by atoms with van der Waals surface area (Å²) in [5.74, 6) is 0.684. The van der Waals surface area contributed by atoms with E-state index in [-0.39, 0.29) is 88.0 Å². The van der Waals surface area contributed by atoms with Gasteiger partial charge in [-0.15, -0.1) is 22.7 Å². The normalized spacial score (nSPS) is 18.2. The first kappa shape index (κ1) is 73.5. The van der Waals surface area contributed by atoms with Gasteiger partial charge >= 0.3 is 23.7 Å². The number of carbonyl (C=O) groups excluding carboxylic acids is 4. The summed E-state index contributed by atoms with van der Waals surface area (Å²) < 4.78 is 89.1. The SMILES string of the molecule is C.CC(C)(C)NS(=O)(=O)c1cc(N)ccc1-c1cnc(C2CCC(NC(=O)OC3COC3)CC2)s1.CC(C)(C)NS(=O)(=O)c1cc(NC(=O)Oc2ccc([N+](=O)[O-])cc2)ccc1-c1cnc(C2CCC(NC(=O)OC3COC3)CC2)s1.O=C(Cl)Oc1ccc([N+](=O)[O-])cc1. The summed E-state index contributed by atoms with van der Waals surface area (Å²) in [6, 6.07) is 19.6. The number of nitrogens with two attached hydrogens (primary N) is 1. The summed E-state index contributed by atoms with van der Waals surface area (Å²) >= 11 is 7.84. The van der Waals surface area contributed by atoms with Crippen LogP contribution in [0.2, 0.25) is 0 Å². The molecular weight excluding hydrogens is 1320 g/mol. The largest absolute Gasteiger partial charge is 0.441 e. The highest BCUT2D eigenvalue weighted by molar-refractivity contribution is 7.90. The van der Waals surface area contributed by atoms with E-state index < -0.39 is 58.6 Å². The number of ether oxygens (including phenoxy) is 6. The standard InChI is InChI=1S/C30H35N5O9S2.C23H32N4O5S2.C7H4ClNO4.CH4/c1-30(2,3)34-46(40,41)26-14-20(33-29(37)43-22-11-9-21(10-12-22)35(38)39)8-13-24(26)25-15-31-27(45-25)18-4-6-19(7-5-18)32-28(36)44-23-16-42-17-23;1-23(2,3)27-34(29,30)20-10-15(24)6-9-18(20)19-11-25-21(33-19)14-4-7-16(8-5-14)26-22(28)32-17-12-31-13-17;8-7(10)13-6-3-1-5(2-4-6)9(11)12;/h8-15,18-19,23,34H,4-7,16-17H2,1-3H3,(H,32,36)(H,33,37);6,9-11,14,16-17,27H,4-5,7-8,12-13,24H2,1-3H3,(H,26,28);1-4H;1H4. The lowest BCUT2D eigenvalue weighted by Crippen LogP contribution is -2.44. The second kappa shape index (κ2) is 32.0. The summed E-state index contributed by atoms with van der Waals surface area (Å²) in [7, 11) is -7.83. The molecule has 2 saturated heterocycles. The van der Waals surface area contributed by atoms with Gasteiger partial charge in [0, 0.05) is 106 Å². The van der Waals surface area contributed by atoms with Crippen LogP contribution in [0, 0.1) is 20.2 Å². The number of thiazole rings is 2. The van der Waals surface area contributed by atoms with E-state index in [1.54, 1.807) is 78.2 Å². The Kier molecular flexibility index (Phi) is 25.0. The van der Waals surface area contributed by atoms with Crippen LogP contribution in [0.3, 0.4) is 0 Å². The van der Waals surface area contributed by atoms with E-state index in [9.17, 15) is 56.2 Å². The number of aromatic nitrogens is 2. The van der Waals surface area contributed by atoms with Gasteiger partial charge in [0.25, 0.3) is 11.4 Å². The fourth-order valence-electron chi connectivity index (χ4n) is 9.96. The van der Waals surface area contributed by atoms with Crippen LogP contribution in [-0.2, 0) is 39.0 Å². The Morgan fingerprint density at radius 2 is 0.979 bits per heavy atom. The second-order valence-corrected chi connectivity index (χ2v) is 29.9. The van der Waals surface area contributed by atoms with Gasteiger partial charge in [-0.25, -0.2) is 55.4 Å². The number of nitrogens with zero attached hydrogens (tertiary/aromatic N) is 4. The van der Waals surface area contributed by atoms with Gasteiger partial charge in [-0.1, -0.05) is 19.6 Å². The molecule has 94 heavy (non-hydrogen) atoms. The predicted molar refractivity (Wildman–Crippen MR) is 353 cm³/mol. The molecule has 4 aromatic carbocycles. The van der Waals surface area contributed by atoms with Crippen molar-refractivity contribution in [3.05, 3.63) is 128 Å². The van der Waals surface area contributed by atoms with Gasteiger partial charge in [0.05, 0.1) is 65.8 Å². The molecule has 28 nitrogen and oxygen atoms in total. The highest BCUT2D eigenvalue weighted by atomic mass is 35.5. The Labute approximate surface area is 556 Å². The maximum atomic E-state index is 13.6. The molecule has 2 aliphatic carbocycles. The van der Waals surface area contributed by atoms with E-state index in [0.717, 1.165) is 66.3 Å². The Morgan fingerprint density at radius 1 is 0.585 bits per heavy atom. The average molecular weight is 1400 g/mol. The number of nitro groups is 2. The van der Waals surface area contributed by atoms with E-state index in [2.05, 4.69) is 40.1 Å². The van der Waals surface area contributed by atoms with E-state index >= 15 is 0 Å². The van der Waals surface area contributed by atoms with E-state index in [1.165, 1.54) is 83.3 Å². The Balaban J connectivity index is 0.000000227. The van der Waals surface area contributed by atoms with Crippen molar-refractivity contribution in [1.29, 1.82) is 0 Å². The number of alkyl carbamates (subject to hydrolysis) is 2. The molecule has 4 heterocycles. The lowest BCUT2D eigenvalue weighted by atomic mass is 9.86. The summed E-state index contributed by atoms with van der Waals surface area (Å²) in [6.07, 6.45) is 7.98. The summed E-state index contributed by atoms with van der Waals surface area (Å²) in [5, 5.41) is 31.3. The van der Waals surface area contributed by atoms with Crippen molar-refractivity contribution in [3.8, 4) is 32.4 Å². The van der Waals surface area contributed by atoms with Crippen LogP contribution in [0.1, 0.15) is 122 Å². The molecule has 0 bridgehead atoms. The number of nitro benzene ring substituents is 2. The number of anilines is 2. The molecule has 0 spiro atoms. The monoisotopic (exact) mass is 1400 g/mol. The molecule has 2 aliphatic heterocycles. The highest BCUT2D eigenvalue weighted by Crippen LogP contribution is 2.42. The van der Waals surface area contributed by atoms with Crippen molar-refractivity contribution in [2.24, 2.45) is 0 Å². The third kappa shape index (κ3) is 21.5. The van der Waals surface area contributed by atoms with E-state index in [1.807, 2.05) is 0 Å². The summed E-state index contributed by atoms with van der Waals surface area (Å²) in [6.45, 7) is 12.4. The Morgan fingerprint density at radius 3 is 1.35 bits per heavy atom. The lowest BCUT2D eigenvalue weighted by Gasteiger charge is -2.30. The third-order valence-electron chi connectivity index (χ3n) is 14.3. The zero-order valence-electron chi connectivity index (χ0n) is 51.4. The molecule has 0 unspecified atom stereocenters. The second-order valence-electron chi connectivity index (χ2n) is 24.2. The van der Waals surface area contributed by atoms with Gasteiger partial charge in [-0.05, 0) is 141 Å². The van der Waals surface area contributed by atoms with Crippen LogP contribution in [0.5, 0.6) is 11.5 Å². The molecule has 33 heteroatoms. The Hall–Kier alpha value is -7.95. The van der Waals surface area contributed by atoms with Gasteiger partial charge in [-0.2, -0.15) is 0 Å². The molecule has 4 fully saturated rings. The number of sulfonamides is 2. The van der Waals surface area contributed by atoms with Crippen molar-refractivity contribution in [2.45, 2.75) is 157 Å². The predicted octanol–water partition coefficient (Wildman–Crippen LogP) is 12.1. The Bertz CT molecular complexity index is 3880. The van der Waals surface area contributed by atoms with Crippen LogP contribution in [0.4, 0.5) is 41.9 Å². The minimum absolute atomic E-state index is 0. The fraction of sp³-hybridized carbons (Fsp3) is 0.443.